The van der Waals surface area contributed by atoms with Gasteiger partial charge < -0.3 is 10.6 Å². The third kappa shape index (κ3) is 2.98. The van der Waals surface area contributed by atoms with Crippen molar-refractivity contribution in [1.82, 2.24) is 4.90 Å². The number of nitrogens with two attached hydrogens (primary N) is 1. The Morgan fingerprint density at radius 1 is 1.35 bits per heavy atom. The second-order valence-corrected chi connectivity index (χ2v) is 5.25. The van der Waals surface area contributed by atoms with E-state index < -0.39 is 11.6 Å². The van der Waals surface area contributed by atoms with Crippen molar-refractivity contribution in [2.75, 3.05) is 6.54 Å². The molecule has 1 fully saturated rings. The molecule has 5 heteroatoms. The average Bonchev–Trinajstić information content (AvgIpc) is 2.84. The first-order valence-corrected chi connectivity index (χ1v) is 7.01. The summed E-state index contributed by atoms with van der Waals surface area (Å²) >= 11 is 0. The van der Waals surface area contributed by atoms with E-state index in [0.29, 0.717) is 6.54 Å². The van der Waals surface area contributed by atoms with Gasteiger partial charge in [0.15, 0.2) is 0 Å². The highest BCUT2D eigenvalue weighted by molar-refractivity contribution is 5.79. The number of halogens is 2. The van der Waals surface area contributed by atoms with Gasteiger partial charge >= 0.3 is 0 Å². The number of hydrogen-bond donors (Lipinski definition) is 1. The molecule has 2 rings (SSSR count). The second-order valence-electron chi connectivity index (χ2n) is 5.25. The molecule has 0 aliphatic heterocycles. The highest BCUT2D eigenvalue weighted by Gasteiger charge is 2.33. The standard InChI is InChI=1S/C15H20F2N2O/c1-2-19(15(20)10-5-3-8-14(10)18)9-11-12(16)6-4-7-13(11)17/h4,6-7,10,14H,2-3,5,8-9,18H2,1H3/t10-,14-/m0/s1. The van der Waals surface area contributed by atoms with Gasteiger partial charge in [-0.1, -0.05) is 12.5 Å². The van der Waals surface area contributed by atoms with Crippen LogP contribution in [0.2, 0.25) is 0 Å². The summed E-state index contributed by atoms with van der Waals surface area (Å²) in [5.74, 6) is -1.55. The summed E-state index contributed by atoms with van der Waals surface area (Å²) in [6.07, 6.45) is 2.53. The van der Waals surface area contributed by atoms with Crippen molar-refractivity contribution in [3.8, 4) is 0 Å². The Morgan fingerprint density at radius 2 is 2.00 bits per heavy atom. The Hall–Kier alpha value is -1.49. The first-order valence-electron chi connectivity index (χ1n) is 7.01. The van der Waals surface area contributed by atoms with E-state index in [0.717, 1.165) is 19.3 Å². The van der Waals surface area contributed by atoms with Gasteiger partial charge in [-0.15, -0.1) is 0 Å². The van der Waals surface area contributed by atoms with E-state index in [4.69, 9.17) is 5.73 Å². The summed E-state index contributed by atoms with van der Waals surface area (Å²) in [5.41, 5.74) is 5.87. The number of carbonyl (C=O) groups is 1. The van der Waals surface area contributed by atoms with Gasteiger partial charge in [0.2, 0.25) is 5.91 Å². The van der Waals surface area contributed by atoms with Crippen molar-refractivity contribution >= 4 is 5.91 Å². The molecule has 3 nitrogen and oxygen atoms in total. The van der Waals surface area contributed by atoms with E-state index in [1.807, 2.05) is 0 Å². The van der Waals surface area contributed by atoms with Gasteiger partial charge in [-0.25, -0.2) is 8.78 Å². The van der Waals surface area contributed by atoms with Crippen LogP contribution in [0.1, 0.15) is 31.7 Å². The van der Waals surface area contributed by atoms with Crippen LogP contribution < -0.4 is 5.73 Å². The lowest BCUT2D eigenvalue weighted by molar-refractivity contribution is -0.136. The van der Waals surface area contributed by atoms with E-state index in [1.54, 1.807) is 6.92 Å². The van der Waals surface area contributed by atoms with E-state index in [2.05, 4.69) is 0 Å². The van der Waals surface area contributed by atoms with Gasteiger partial charge in [-0.2, -0.15) is 0 Å². The van der Waals surface area contributed by atoms with Crippen LogP contribution in [0.15, 0.2) is 18.2 Å². The van der Waals surface area contributed by atoms with E-state index in [9.17, 15) is 13.6 Å². The van der Waals surface area contributed by atoms with Crippen LogP contribution in [0.4, 0.5) is 8.78 Å². The molecule has 0 spiro atoms. The van der Waals surface area contributed by atoms with Crippen molar-refractivity contribution in [3.63, 3.8) is 0 Å². The summed E-state index contributed by atoms with van der Waals surface area (Å²) in [6, 6.07) is 3.59. The Labute approximate surface area is 117 Å². The molecule has 110 valence electrons. The molecular formula is C15H20F2N2O. The summed E-state index contributed by atoms with van der Waals surface area (Å²) in [6.45, 7) is 2.17. The number of amides is 1. The number of rotatable bonds is 4. The maximum Gasteiger partial charge on any atom is 0.227 e. The molecule has 0 heterocycles. The zero-order chi connectivity index (χ0) is 14.7. The lowest BCUT2D eigenvalue weighted by atomic mass is 10.0. The molecule has 2 atom stereocenters. The first-order chi connectivity index (χ1) is 9.54. The maximum absolute atomic E-state index is 13.7. The number of carbonyl (C=O) groups excluding carboxylic acids is 1. The van der Waals surface area contributed by atoms with Crippen molar-refractivity contribution in [1.29, 1.82) is 0 Å². The van der Waals surface area contributed by atoms with Gasteiger partial charge in [0, 0.05) is 18.2 Å². The minimum atomic E-state index is -0.619. The molecule has 0 unspecified atom stereocenters. The van der Waals surface area contributed by atoms with Gasteiger partial charge in [0.1, 0.15) is 11.6 Å². The average molecular weight is 282 g/mol. The predicted octanol–water partition coefficient (Wildman–Crippen LogP) is 2.44. The fourth-order valence-corrected chi connectivity index (χ4v) is 2.75. The monoisotopic (exact) mass is 282 g/mol. The fourth-order valence-electron chi connectivity index (χ4n) is 2.75. The highest BCUT2D eigenvalue weighted by atomic mass is 19.1. The topological polar surface area (TPSA) is 46.3 Å². The molecule has 0 radical (unpaired) electrons. The zero-order valence-corrected chi connectivity index (χ0v) is 11.6. The molecule has 1 aliphatic carbocycles. The van der Waals surface area contributed by atoms with Crippen LogP contribution in [0.25, 0.3) is 0 Å². The van der Waals surface area contributed by atoms with Crippen LogP contribution in [0.5, 0.6) is 0 Å². The van der Waals surface area contributed by atoms with Crippen LogP contribution in [-0.2, 0) is 11.3 Å². The summed E-state index contributed by atoms with van der Waals surface area (Å²) in [5, 5.41) is 0. The SMILES string of the molecule is CCN(Cc1c(F)cccc1F)C(=O)[C@H]1CCC[C@@H]1N. The van der Waals surface area contributed by atoms with Crippen molar-refractivity contribution < 1.29 is 13.6 Å². The first kappa shape index (κ1) is 14.9. The molecule has 1 aliphatic rings. The smallest absolute Gasteiger partial charge is 0.227 e. The molecular weight excluding hydrogens is 262 g/mol. The number of nitrogens with zero attached hydrogens (tertiary/aromatic N) is 1. The van der Waals surface area contributed by atoms with Gasteiger partial charge in [-0.05, 0) is 31.9 Å². The molecule has 1 aromatic carbocycles. The van der Waals surface area contributed by atoms with Gasteiger partial charge in [0.25, 0.3) is 0 Å². The molecule has 1 amide bonds. The van der Waals surface area contributed by atoms with Crippen LogP contribution in [0.3, 0.4) is 0 Å². The summed E-state index contributed by atoms with van der Waals surface area (Å²) < 4.78 is 27.3. The van der Waals surface area contributed by atoms with Crippen LogP contribution in [0, 0.1) is 17.6 Å². The molecule has 1 saturated carbocycles. The van der Waals surface area contributed by atoms with Crippen molar-refractivity contribution in [2.24, 2.45) is 11.7 Å². The predicted molar refractivity (Wildman–Crippen MR) is 72.8 cm³/mol. The van der Waals surface area contributed by atoms with Crippen molar-refractivity contribution in [3.05, 3.63) is 35.4 Å². The number of hydrogen-bond acceptors (Lipinski definition) is 2. The molecule has 20 heavy (non-hydrogen) atoms. The second kappa shape index (κ2) is 6.31. The molecule has 0 aromatic heterocycles. The largest absolute Gasteiger partial charge is 0.338 e. The summed E-state index contributed by atoms with van der Waals surface area (Å²) in [7, 11) is 0. The van der Waals surface area contributed by atoms with E-state index >= 15 is 0 Å². The Kier molecular flexibility index (Phi) is 4.70. The lowest BCUT2D eigenvalue weighted by Gasteiger charge is -2.26. The molecule has 0 saturated heterocycles. The quantitative estimate of drug-likeness (QED) is 0.922. The lowest BCUT2D eigenvalue weighted by Crippen LogP contribution is -2.41. The molecule has 2 N–H and O–H groups in total. The Bertz CT molecular complexity index is 473. The third-order valence-electron chi connectivity index (χ3n) is 3.99. The molecule has 0 bridgehead atoms. The van der Waals surface area contributed by atoms with Gasteiger partial charge in [0.05, 0.1) is 12.5 Å². The van der Waals surface area contributed by atoms with Crippen LogP contribution in [-0.4, -0.2) is 23.4 Å². The summed E-state index contributed by atoms with van der Waals surface area (Å²) in [4.78, 5) is 13.9. The van der Waals surface area contributed by atoms with Crippen LogP contribution >= 0.6 is 0 Å². The zero-order valence-electron chi connectivity index (χ0n) is 11.6. The maximum atomic E-state index is 13.7. The Morgan fingerprint density at radius 3 is 2.50 bits per heavy atom. The minimum Gasteiger partial charge on any atom is -0.338 e. The highest BCUT2D eigenvalue weighted by Crippen LogP contribution is 2.27. The fraction of sp³-hybridized carbons (Fsp3) is 0.533. The molecule has 1 aromatic rings. The van der Waals surface area contributed by atoms with Crippen molar-refractivity contribution in [2.45, 2.75) is 38.8 Å². The normalized spacial score (nSPS) is 22.0. The number of benzene rings is 1. The van der Waals surface area contributed by atoms with E-state index in [-0.39, 0.29) is 30.0 Å². The van der Waals surface area contributed by atoms with E-state index in [1.165, 1.54) is 23.1 Å². The van der Waals surface area contributed by atoms with Gasteiger partial charge in [-0.3, -0.25) is 4.79 Å². The minimum absolute atomic E-state index is 0.0446. The third-order valence-corrected chi connectivity index (χ3v) is 3.99. The Balaban J connectivity index is 2.14.